The molecule has 1 aliphatic rings. The molecule has 3 aromatic rings. The van der Waals surface area contributed by atoms with Gasteiger partial charge in [-0.25, -0.2) is 14.6 Å². The van der Waals surface area contributed by atoms with E-state index in [9.17, 15) is 9.59 Å². The van der Waals surface area contributed by atoms with E-state index in [0.29, 0.717) is 11.7 Å². The van der Waals surface area contributed by atoms with Gasteiger partial charge in [-0.2, -0.15) is 10.1 Å². The molecule has 1 saturated heterocycles. The minimum atomic E-state index is -0.797. The molecule has 2 unspecified atom stereocenters. The molecule has 3 aromatic heterocycles. The van der Waals surface area contributed by atoms with E-state index in [2.05, 4.69) is 15.1 Å². The molecular formula is C22H27N5O5S. The SMILES string of the molecule is COC(=O)C1CC(Oc2nc(-c3cc(C)nn3C)nc3ccsc23)CN1C(=O)OC(C)(C)C. The van der Waals surface area contributed by atoms with Crippen LogP contribution in [0.2, 0.25) is 0 Å². The third kappa shape index (κ3) is 4.77. The highest BCUT2D eigenvalue weighted by molar-refractivity contribution is 7.17. The maximum absolute atomic E-state index is 12.7. The number of hydrogen-bond donors (Lipinski definition) is 0. The average Bonchev–Trinajstić information content (AvgIpc) is 3.44. The Kier molecular flexibility index (Phi) is 6.00. The zero-order valence-corrected chi connectivity index (χ0v) is 20.3. The average molecular weight is 474 g/mol. The van der Waals surface area contributed by atoms with Crippen molar-refractivity contribution < 1.29 is 23.8 Å². The number of methoxy groups -OCH3 is 1. The van der Waals surface area contributed by atoms with Crippen molar-refractivity contribution in [2.24, 2.45) is 7.05 Å². The Hall–Kier alpha value is -3.21. The highest BCUT2D eigenvalue weighted by Crippen LogP contribution is 2.33. The number of aryl methyl sites for hydroxylation is 2. The van der Waals surface area contributed by atoms with Gasteiger partial charge in [-0.05, 0) is 45.2 Å². The monoisotopic (exact) mass is 473 g/mol. The van der Waals surface area contributed by atoms with Crippen LogP contribution in [0.25, 0.3) is 21.7 Å². The van der Waals surface area contributed by atoms with Crippen molar-refractivity contribution in [2.75, 3.05) is 13.7 Å². The van der Waals surface area contributed by atoms with Crippen molar-refractivity contribution in [3.63, 3.8) is 0 Å². The first-order valence-corrected chi connectivity index (χ1v) is 11.4. The van der Waals surface area contributed by atoms with E-state index < -0.39 is 29.8 Å². The summed E-state index contributed by atoms with van der Waals surface area (Å²) in [5, 5.41) is 6.29. The maximum Gasteiger partial charge on any atom is 0.411 e. The molecule has 2 atom stereocenters. The van der Waals surface area contributed by atoms with Crippen LogP contribution in [0.4, 0.5) is 4.79 Å². The lowest BCUT2D eigenvalue weighted by Gasteiger charge is -2.27. The molecular weight excluding hydrogens is 446 g/mol. The number of carbonyl (C=O) groups excluding carboxylic acids is 2. The number of amides is 1. The van der Waals surface area contributed by atoms with Crippen LogP contribution < -0.4 is 4.74 Å². The summed E-state index contributed by atoms with van der Waals surface area (Å²) in [5.41, 5.74) is 1.68. The molecule has 176 valence electrons. The molecule has 1 aliphatic heterocycles. The highest BCUT2D eigenvalue weighted by Gasteiger charge is 2.43. The first-order chi connectivity index (χ1) is 15.6. The third-order valence-corrected chi connectivity index (χ3v) is 6.04. The summed E-state index contributed by atoms with van der Waals surface area (Å²) in [6.07, 6.45) is -0.787. The first kappa shape index (κ1) is 23.0. The van der Waals surface area contributed by atoms with Crippen LogP contribution in [-0.4, -0.2) is 68.1 Å². The van der Waals surface area contributed by atoms with E-state index in [1.165, 1.54) is 23.3 Å². The van der Waals surface area contributed by atoms with Gasteiger partial charge in [0.15, 0.2) is 5.82 Å². The number of fused-ring (bicyclic) bond motifs is 1. The first-order valence-electron chi connectivity index (χ1n) is 10.6. The van der Waals surface area contributed by atoms with Gasteiger partial charge in [0.05, 0.1) is 24.9 Å². The zero-order valence-electron chi connectivity index (χ0n) is 19.5. The third-order valence-electron chi connectivity index (χ3n) is 5.15. The number of likely N-dealkylation sites (tertiary alicyclic amines) is 1. The topological polar surface area (TPSA) is 109 Å². The second-order valence-electron chi connectivity index (χ2n) is 8.93. The molecule has 0 saturated carbocycles. The van der Waals surface area contributed by atoms with Gasteiger partial charge in [-0.3, -0.25) is 9.58 Å². The summed E-state index contributed by atoms with van der Waals surface area (Å²) >= 11 is 1.47. The van der Waals surface area contributed by atoms with Gasteiger partial charge in [-0.15, -0.1) is 11.3 Å². The molecule has 4 rings (SSSR count). The predicted molar refractivity (Wildman–Crippen MR) is 122 cm³/mol. The number of aromatic nitrogens is 4. The van der Waals surface area contributed by atoms with Gasteiger partial charge >= 0.3 is 12.1 Å². The molecule has 0 aromatic carbocycles. The van der Waals surface area contributed by atoms with Gasteiger partial charge in [0.25, 0.3) is 0 Å². The van der Waals surface area contributed by atoms with Crippen LogP contribution in [0, 0.1) is 6.92 Å². The molecule has 33 heavy (non-hydrogen) atoms. The van der Waals surface area contributed by atoms with Crippen molar-refractivity contribution in [1.29, 1.82) is 0 Å². The molecule has 10 nitrogen and oxygen atoms in total. The number of thiophene rings is 1. The second-order valence-corrected chi connectivity index (χ2v) is 9.85. The van der Waals surface area contributed by atoms with Gasteiger partial charge < -0.3 is 14.2 Å². The Balaban J connectivity index is 1.63. The van der Waals surface area contributed by atoms with Crippen LogP contribution in [0.15, 0.2) is 17.5 Å². The Morgan fingerprint density at radius 2 is 2.00 bits per heavy atom. The largest absolute Gasteiger partial charge is 0.471 e. The van der Waals surface area contributed by atoms with Gasteiger partial charge in [0, 0.05) is 13.5 Å². The van der Waals surface area contributed by atoms with E-state index in [0.717, 1.165) is 21.6 Å². The van der Waals surface area contributed by atoms with Crippen LogP contribution in [0.3, 0.4) is 0 Å². The van der Waals surface area contributed by atoms with Gasteiger partial charge in [0.1, 0.15) is 28.1 Å². The van der Waals surface area contributed by atoms with Crippen molar-refractivity contribution in [2.45, 2.75) is 51.9 Å². The number of carbonyl (C=O) groups is 2. The van der Waals surface area contributed by atoms with Crippen LogP contribution in [-0.2, 0) is 21.3 Å². The quantitative estimate of drug-likeness (QED) is 0.531. The molecule has 0 radical (unpaired) electrons. The second kappa shape index (κ2) is 8.62. The molecule has 11 heteroatoms. The number of rotatable bonds is 4. The summed E-state index contributed by atoms with van der Waals surface area (Å²) < 4.78 is 19.2. The number of ether oxygens (including phenoxy) is 3. The van der Waals surface area contributed by atoms with E-state index in [1.807, 2.05) is 31.5 Å². The molecule has 4 heterocycles. The van der Waals surface area contributed by atoms with Gasteiger partial charge in [0.2, 0.25) is 5.88 Å². The van der Waals surface area contributed by atoms with E-state index in [4.69, 9.17) is 14.2 Å². The number of nitrogens with zero attached hydrogens (tertiary/aromatic N) is 5. The predicted octanol–water partition coefficient (Wildman–Crippen LogP) is 3.33. The smallest absolute Gasteiger partial charge is 0.411 e. The number of esters is 1. The Morgan fingerprint density at radius 3 is 2.64 bits per heavy atom. The summed E-state index contributed by atoms with van der Waals surface area (Å²) in [7, 11) is 3.13. The van der Waals surface area contributed by atoms with Crippen molar-refractivity contribution in [3.8, 4) is 17.4 Å². The standard InChI is InChI=1S/C22H27N5O5S/c1-12-9-15(26(5)25-12)18-23-14-7-8-33-17(14)19(24-18)31-13-10-16(20(28)30-6)27(11-13)21(29)32-22(2,3)4/h7-9,13,16H,10-11H2,1-6H3. The van der Waals surface area contributed by atoms with Crippen molar-refractivity contribution in [3.05, 3.63) is 23.2 Å². The fourth-order valence-corrected chi connectivity index (χ4v) is 4.54. The van der Waals surface area contributed by atoms with Crippen LogP contribution >= 0.6 is 11.3 Å². The molecule has 0 aliphatic carbocycles. The highest BCUT2D eigenvalue weighted by atomic mass is 32.1. The molecule has 0 N–H and O–H groups in total. The molecule has 0 spiro atoms. The lowest BCUT2D eigenvalue weighted by molar-refractivity contribution is -0.145. The fourth-order valence-electron chi connectivity index (χ4n) is 3.77. The minimum absolute atomic E-state index is 0.172. The fraction of sp³-hybridized carbons (Fsp3) is 0.500. The summed E-state index contributed by atoms with van der Waals surface area (Å²) in [6, 6.07) is 3.01. The maximum atomic E-state index is 12.7. The zero-order chi connectivity index (χ0) is 23.9. The molecule has 1 fully saturated rings. The van der Waals surface area contributed by atoms with Crippen LogP contribution in [0.5, 0.6) is 5.88 Å². The lowest BCUT2D eigenvalue weighted by atomic mass is 10.2. The van der Waals surface area contributed by atoms with E-state index >= 15 is 0 Å². The summed E-state index contributed by atoms with van der Waals surface area (Å²) in [6.45, 7) is 7.40. The normalized spacial score (nSPS) is 18.5. The lowest BCUT2D eigenvalue weighted by Crippen LogP contribution is -2.44. The molecule has 1 amide bonds. The van der Waals surface area contributed by atoms with Gasteiger partial charge in [-0.1, -0.05) is 0 Å². The Bertz CT molecular complexity index is 1200. The van der Waals surface area contributed by atoms with E-state index in [-0.39, 0.29) is 13.0 Å². The van der Waals surface area contributed by atoms with Crippen molar-refractivity contribution in [1.82, 2.24) is 24.6 Å². The summed E-state index contributed by atoms with van der Waals surface area (Å²) in [5.74, 6) is 0.385. The molecule has 0 bridgehead atoms. The Labute approximate surface area is 195 Å². The Morgan fingerprint density at radius 1 is 1.24 bits per heavy atom. The van der Waals surface area contributed by atoms with E-state index in [1.54, 1.807) is 25.5 Å². The number of hydrogen-bond acceptors (Lipinski definition) is 9. The van der Waals surface area contributed by atoms with Crippen molar-refractivity contribution >= 4 is 33.6 Å². The van der Waals surface area contributed by atoms with Crippen LogP contribution in [0.1, 0.15) is 32.9 Å². The summed E-state index contributed by atoms with van der Waals surface area (Å²) in [4.78, 5) is 35.8. The minimum Gasteiger partial charge on any atom is -0.471 e.